The van der Waals surface area contributed by atoms with Gasteiger partial charge in [-0.25, -0.2) is 9.78 Å². The lowest BCUT2D eigenvalue weighted by Gasteiger charge is -2.13. The van der Waals surface area contributed by atoms with Gasteiger partial charge < -0.3 is 10.1 Å². The van der Waals surface area contributed by atoms with Crippen molar-refractivity contribution in [3.63, 3.8) is 0 Å². The van der Waals surface area contributed by atoms with Gasteiger partial charge in [0, 0.05) is 11.6 Å². The first-order valence-corrected chi connectivity index (χ1v) is 7.52. The number of ether oxygens (including phenoxy) is 1. The number of pyridine rings is 1. The summed E-state index contributed by atoms with van der Waals surface area (Å²) in [6.07, 6.45) is 0.372. The summed E-state index contributed by atoms with van der Waals surface area (Å²) in [7, 11) is 0. The minimum absolute atomic E-state index is 0.157. The Balaban J connectivity index is 1.98. The fourth-order valence-corrected chi connectivity index (χ4v) is 2.44. The number of thiophene rings is 1. The van der Waals surface area contributed by atoms with Gasteiger partial charge in [0.15, 0.2) is 11.9 Å². The van der Waals surface area contributed by atoms with Gasteiger partial charge in [0.1, 0.15) is 0 Å². The Hall–Kier alpha value is -1.63. The molecule has 2 aromatic heterocycles. The molecule has 0 spiro atoms. The summed E-state index contributed by atoms with van der Waals surface area (Å²) in [4.78, 5) is 27.6. The first-order valence-electron chi connectivity index (χ1n) is 5.82. The molecule has 5 nitrogen and oxygen atoms in total. The second kappa shape index (κ2) is 6.89. The molecule has 0 aliphatic heterocycles. The number of esters is 1. The fourth-order valence-electron chi connectivity index (χ4n) is 1.39. The van der Waals surface area contributed by atoms with Crippen molar-refractivity contribution in [3.8, 4) is 0 Å². The lowest BCUT2D eigenvalue weighted by Crippen LogP contribution is -2.30. The molecule has 2 rings (SSSR count). The van der Waals surface area contributed by atoms with Crippen molar-refractivity contribution in [2.45, 2.75) is 13.0 Å². The molecule has 0 aliphatic carbocycles. The third-order valence-electron chi connectivity index (χ3n) is 2.46. The summed E-state index contributed by atoms with van der Waals surface area (Å²) in [5.41, 5.74) is 0.405. The molecule has 2 aromatic rings. The second-order valence-corrected chi connectivity index (χ2v) is 5.66. The Labute approximate surface area is 134 Å². The van der Waals surface area contributed by atoms with Crippen LogP contribution in [0.2, 0.25) is 10.0 Å². The van der Waals surface area contributed by atoms with Crippen LogP contribution in [0.25, 0.3) is 0 Å². The summed E-state index contributed by atoms with van der Waals surface area (Å²) in [5.74, 6) is -0.936. The third-order valence-corrected chi connectivity index (χ3v) is 3.64. The lowest BCUT2D eigenvalue weighted by atomic mass is 10.3. The predicted molar refractivity (Wildman–Crippen MR) is 82.1 cm³/mol. The number of anilines is 1. The van der Waals surface area contributed by atoms with Crippen molar-refractivity contribution in [1.29, 1.82) is 0 Å². The number of hydrogen-bond acceptors (Lipinski definition) is 5. The van der Waals surface area contributed by atoms with Crippen LogP contribution in [0.15, 0.2) is 29.1 Å². The van der Waals surface area contributed by atoms with Gasteiger partial charge in [0.25, 0.3) is 5.91 Å². The fraction of sp³-hybridized carbons (Fsp3) is 0.154. The number of halogens is 2. The summed E-state index contributed by atoms with van der Waals surface area (Å²) >= 11 is 13.0. The van der Waals surface area contributed by atoms with Crippen molar-refractivity contribution < 1.29 is 14.3 Å². The molecule has 0 bridgehead atoms. The van der Waals surface area contributed by atoms with Crippen molar-refractivity contribution in [2.75, 3.05) is 5.32 Å². The molecule has 0 aromatic carbocycles. The molecule has 8 heteroatoms. The quantitative estimate of drug-likeness (QED) is 0.859. The first kappa shape index (κ1) is 15.8. The van der Waals surface area contributed by atoms with Crippen LogP contribution in [0.5, 0.6) is 0 Å². The van der Waals surface area contributed by atoms with E-state index in [4.69, 9.17) is 27.9 Å². The monoisotopic (exact) mass is 344 g/mol. The molecule has 1 amide bonds. The number of carbonyl (C=O) groups excluding carboxylic acids is 2. The largest absolute Gasteiger partial charge is 0.449 e. The predicted octanol–water partition coefficient (Wildman–Crippen LogP) is 3.63. The van der Waals surface area contributed by atoms with E-state index in [-0.39, 0.29) is 10.8 Å². The minimum atomic E-state index is -0.981. The van der Waals surface area contributed by atoms with E-state index < -0.39 is 18.0 Å². The number of aromatic nitrogens is 1. The van der Waals surface area contributed by atoms with E-state index in [2.05, 4.69) is 10.3 Å². The highest BCUT2D eigenvalue weighted by atomic mass is 35.5. The Morgan fingerprint density at radius 3 is 2.81 bits per heavy atom. The van der Waals surface area contributed by atoms with Gasteiger partial charge in [-0.05, 0) is 24.4 Å². The van der Waals surface area contributed by atoms with Crippen LogP contribution in [-0.2, 0) is 9.53 Å². The van der Waals surface area contributed by atoms with Crippen molar-refractivity contribution in [3.05, 3.63) is 44.7 Å². The van der Waals surface area contributed by atoms with E-state index in [1.165, 1.54) is 30.5 Å². The molecule has 0 unspecified atom stereocenters. The highest BCUT2D eigenvalue weighted by Crippen LogP contribution is 2.22. The number of nitrogens with zero attached hydrogens (tertiary/aromatic N) is 1. The van der Waals surface area contributed by atoms with Crippen LogP contribution in [0, 0.1) is 0 Å². The van der Waals surface area contributed by atoms with E-state index >= 15 is 0 Å². The third kappa shape index (κ3) is 4.17. The average molecular weight is 345 g/mol. The molecule has 0 saturated heterocycles. The summed E-state index contributed by atoms with van der Waals surface area (Å²) in [6.45, 7) is 1.46. The Morgan fingerprint density at radius 1 is 1.43 bits per heavy atom. The van der Waals surface area contributed by atoms with Gasteiger partial charge in [-0.2, -0.15) is 11.3 Å². The molecule has 1 atom stereocenters. The van der Waals surface area contributed by atoms with Crippen molar-refractivity contribution in [2.24, 2.45) is 0 Å². The van der Waals surface area contributed by atoms with Crippen LogP contribution >= 0.6 is 34.5 Å². The molecule has 0 saturated carbocycles. The maximum Gasteiger partial charge on any atom is 0.339 e. The van der Waals surface area contributed by atoms with Crippen LogP contribution in [0.1, 0.15) is 17.3 Å². The summed E-state index contributed by atoms with van der Waals surface area (Å²) < 4.78 is 5.05. The van der Waals surface area contributed by atoms with Crippen LogP contribution in [0.3, 0.4) is 0 Å². The van der Waals surface area contributed by atoms with Crippen LogP contribution in [-0.4, -0.2) is 23.0 Å². The van der Waals surface area contributed by atoms with E-state index in [1.807, 2.05) is 0 Å². The highest BCUT2D eigenvalue weighted by molar-refractivity contribution is 7.08. The number of hydrogen-bond donors (Lipinski definition) is 1. The van der Waals surface area contributed by atoms with Gasteiger partial charge in [-0.3, -0.25) is 4.79 Å². The molecule has 0 fully saturated rings. The van der Waals surface area contributed by atoms with Gasteiger partial charge >= 0.3 is 5.97 Å². The molecule has 110 valence electrons. The first-order chi connectivity index (χ1) is 9.97. The molecule has 2 heterocycles. The zero-order chi connectivity index (χ0) is 15.4. The topological polar surface area (TPSA) is 68.3 Å². The lowest BCUT2D eigenvalue weighted by molar-refractivity contribution is -0.123. The Morgan fingerprint density at radius 2 is 2.19 bits per heavy atom. The molecule has 1 N–H and O–H groups in total. The van der Waals surface area contributed by atoms with E-state index in [0.29, 0.717) is 10.6 Å². The molecular weight excluding hydrogens is 335 g/mol. The highest BCUT2D eigenvalue weighted by Gasteiger charge is 2.20. The SMILES string of the molecule is C[C@@H](OC(=O)c1ccsc1)C(=O)Nc1ncc(Cl)cc1Cl. The maximum atomic E-state index is 11.9. The van der Waals surface area contributed by atoms with Gasteiger partial charge in [-0.1, -0.05) is 23.2 Å². The zero-order valence-electron chi connectivity index (χ0n) is 10.8. The maximum absolute atomic E-state index is 11.9. The molecular formula is C13H10Cl2N2O3S. The number of rotatable bonds is 4. The van der Waals surface area contributed by atoms with Crippen LogP contribution < -0.4 is 5.32 Å². The molecule has 0 radical (unpaired) electrons. The number of carbonyl (C=O) groups is 2. The van der Waals surface area contributed by atoms with Gasteiger partial charge in [0.2, 0.25) is 0 Å². The van der Waals surface area contributed by atoms with E-state index in [1.54, 1.807) is 16.8 Å². The molecule has 21 heavy (non-hydrogen) atoms. The standard InChI is InChI=1S/C13H10Cl2N2O3S/c1-7(20-13(19)8-2-3-21-6-8)12(18)17-11-10(15)4-9(14)5-16-11/h2-7H,1H3,(H,16,17,18)/t7-/m1/s1. The number of amides is 1. The molecule has 0 aliphatic rings. The number of nitrogens with one attached hydrogen (secondary N) is 1. The van der Waals surface area contributed by atoms with Crippen molar-refractivity contribution in [1.82, 2.24) is 4.98 Å². The summed E-state index contributed by atoms with van der Waals surface area (Å²) in [5, 5.41) is 6.42. The zero-order valence-corrected chi connectivity index (χ0v) is 13.1. The van der Waals surface area contributed by atoms with Gasteiger partial charge in [0.05, 0.1) is 15.6 Å². The second-order valence-electron chi connectivity index (χ2n) is 4.03. The van der Waals surface area contributed by atoms with E-state index in [0.717, 1.165) is 0 Å². The van der Waals surface area contributed by atoms with Crippen LogP contribution in [0.4, 0.5) is 5.82 Å². The van der Waals surface area contributed by atoms with Gasteiger partial charge in [-0.15, -0.1) is 0 Å². The normalized spacial score (nSPS) is 11.8. The Bertz CT molecular complexity index is 661. The average Bonchev–Trinajstić information content (AvgIpc) is 2.95. The van der Waals surface area contributed by atoms with E-state index in [9.17, 15) is 9.59 Å². The van der Waals surface area contributed by atoms with Crippen molar-refractivity contribution >= 4 is 52.2 Å². The Kier molecular flexibility index (Phi) is 5.17. The summed E-state index contributed by atoms with van der Waals surface area (Å²) in [6, 6.07) is 3.07. The minimum Gasteiger partial charge on any atom is -0.449 e. The smallest absolute Gasteiger partial charge is 0.339 e.